The van der Waals surface area contributed by atoms with Crippen molar-refractivity contribution >= 4 is 5.97 Å². The first-order chi connectivity index (χ1) is 8.41. The summed E-state index contributed by atoms with van der Waals surface area (Å²) in [5, 5.41) is 10.7. The lowest BCUT2D eigenvalue weighted by Gasteiger charge is -2.26. The van der Waals surface area contributed by atoms with E-state index in [2.05, 4.69) is 15.4 Å². The molecule has 1 unspecified atom stereocenters. The molecular formula is C13H19N3O2. The number of nitrogens with one attached hydrogen (secondary N) is 1. The van der Waals surface area contributed by atoms with Crippen LogP contribution in [0.15, 0.2) is 0 Å². The third-order valence-corrected chi connectivity index (χ3v) is 4.04. The van der Waals surface area contributed by atoms with E-state index in [1.54, 1.807) is 0 Å². The van der Waals surface area contributed by atoms with Crippen molar-refractivity contribution in [2.75, 3.05) is 0 Å². The molecule has 1 atom stereocenters. The third kappa shape index (κ3) is 1.82. The SMILES string of the molecule is CC(C)(C)OC(=O)c1n[nH]nc1C1CC12CCC2. The van der Waals surface area contributed by atoms with Crippen LogP contribution in [0, 0.1) is 5.41 Å². The Balaban J connectivity index is 1.78. The molecule has 98 valence electrons. The molecule has 0 saturated heterocycles. The first-order valence-electron chi connectivity index (χ1n) is 6.55. The highest BCUT2D eigenvalue weighted by atomic mass is 16.6. The minimum Gasteiger partial charge on any atom is -0.455 e. The predicted molar refractivity (Wildman–Crippen MR) is 65.2 cm³/mol. The van der Waals surface area contributed by atoms with E-state index >= 15 is 0 Å². The Bertz CT molecular complexity index is 483. The molecule has 2 fully saturated rings. The lowest BCUT2D eigenvalue weighted by Crippen LogP contribution is -2.25. The number of nitrogens with zero attached hydrogens (tertiary/aromatic N) is 2. The average Bonchev–Trinajstić information content (AvgIpc) is 2.77. The van der Waals surface area contributed by atoms with Gasteiger partial charge in [-0.15, -0.1) is 5.10 Å². The number of ether oxygens (including phenoxy) is 1. The number of hydrogen-bond donors (Lipinski definition) is 1. The van der Waals surface area contributed by atoms with E-state index in [1.807, 2.05) is 20.8 Å². The van der Waals surface area contributed by atoms with Crippen LogP contribution in [0.25, 0.3) is 0 Å². The van der Waals surface area contributed by atoms with Crippen LogP contribution in [0.1, 0.15) is 68.6 Å². The van der Waals surface area contributed by atoms with Crippen LogP contribution in [0.2, 0.25) is 0 Å². The Kier molecular flexibility index (Phi) is 2.31. The van der Waals surface area contributed by atoms with Crippen molar-refractivity contribution in [2.24, 2.45) is 5.41 Å². The molecule has 5 nitrogen and oxygen atoms in total. The maximum atomic E-state index is 12.0. The number of aromatic amines is 1. The molecule has 0 radical (unpaired) electrons. The minimum absolute atomic E-state index is 0.368. The van der Waals surface area contributed by atoms with Crippen molar-refractivity contribution in [3.05, 3.63) is 11.4 Å². The normalized spacial score (nSPS) is 24.7. The van der Waals surface area contributed by atoms with Gasteiger partial charge < -0.3 is 4.74 Å². The number of H-pyrrole nitrogens is 1. The van der Waals surface area contributed by atoms with Gasteiger partial charge in [0.05, 0.1) is 0 Å². The second-order valence-corrected chi connectivity index (χ2v) is 6.53. The van der Waals surface area contributed by atoms with Crippen molar-refractivity contribution in [1.29, 1.82) is 0 Å². The Morgan fingerprint density at radius 1 is 1.39 bits per heavy atom. The van der Waals surface area contributed by atoms with Crippen LogP contribution >= 0.6 is 0 Å². The van der Waals surface area contributed by atoms with E-state index in [0.29, 0.717) is 17.0 Å². The van der Waals surface area contributed by atoms with E-state index in [9.17, 15) is 4.79 Å². The summed E-state index contributed by atoms with van der Waals surface area (Å²) in [5.74, 6) is 0.0418. The van der Waals surface area contributed by atoms with E-state index in [-0.39, 0.29) is 5.97 Å². The second kappa shape index (κ2) is 3.56. The molecule has 0 aromatic carbocycles. The highest BCUT2D eigenvalue weighted by Crippen LogP contribution is 2.70. The molecule has 0 amide bonds. The van der Waals surface area contributed by atoms with Crippen LogP contribution in [-0.4, -0.2) is 27.0 Å². The zero-order chi connectivity index (χ0) is 13.0. The molecule has 2 aliphatic carbocycles. The van der Waals surface area contributed by atoms with Crippen molar-refractivity contribution in [3.63, 3.8) is 0 Å². The van der Waals surface area contributed by atoms with Gasteiger partial charge in [0.1, 0.15) is 11.3 Å². The number of aromatic nitrogens is 3. The molecule has 1 heterocycles. The van der Waals surface area contributed by atoms with Crippen molar-refractivity contribution in [3.8, 4) is 0 Å². The maximum Gasteiger partial charge on any atom is 0.361 e. The van der Waals surface area contributed by atoms with Crippen LogP contribution in [-0.2, 0) is 4.74 Å². The number of esters is 1. The smallest absolute Gasteiger partial charge is 0.361 e. The zero-order valence-corrected chi connectivity index (χ0v) is 11.1. The molecule has 0 bridgehead atoms. The van der Waals surface area contributed by atoms with Crippen LogP contribution in [0.3, 0.4) is 0 Å². The number of carbonyl (C=O) groups excluding carboxylic acids is 1. The molecule has 1 aromatic rings. The van der Waals surface area contributed by atoms with Crippen LogP contribution < -0.4 is 0 Å². The van der Waals surface area contributed by atoms with Crippen molar-refractivity contribution in [1.82, 2.24) is 15.4 Å². The van der Waals surface area contributed by atoms with Gasteiger partial charge in [0.15, 0.2) is 5.69 Å². The highest BCUT2D eigenvalue weighted by Gasteiger charge is 2.60. The largest absolute Gasteiger partial charge is 0.455 e. The Hall–Kier alpha value is -1.39. The van der Waals surface area contributed by atoms with E-state index in [4.69, 9.17) is 4.74 Å². The van der Waals surface area contributed by atoms with Gasteiger partial charge in [-0.05, 0) is 45.4 Å². The van der Waals surface area contributed by atoms with Gasteiger partial charge >= 0.3 is 5.97 Å². The van der Waals surface area contributed by atoms with Gasteiger partial charge in [-0.25, -0.2) is 4.79 Å². The molecular weight excluding hydrogens is 230 g/mol. The number of hydrogen-bond acceptors (Lipinski definition) is 4. The Labute approximate surface area is 106 Å². The summed E-state index contributed by atoms with van der Waals surface area (Å²) < 4.78 is 5.36. The molecule has 2 aliphatic rings. The summed E-state index contributed by atoms with van der Waals surface area (Å²) in [5.41, 5.74) is 1.13. The summed E-state index contributed by atoms with van der Waals surface area (Å²) in [6, 6.07) is 0. The van der Waals surface area contributed by atoms with E-state index in [1.165, 1.54) is 19.3 Å². The fourth-order valence-corrected chi connectivity index (χ4v) is 2.88. The topological polar surface area (TPSA) is 67.9 Å². The monoisotopic (exact) mass is 249 g/mol. The van der Waals surface area contributed by atoms with Crippen molar-refractivity contribution in [2.45, 2.75) is 58.0 Å². The van der Waals surface area contributed by atoms with E-state index in [0.717, 1.165) is 12.1 Å². The lowest BCUT2D eigenvalue weighted by molar-refractivity contribution is 0.00612. The predicted octanol–water partition coefficient (Wildman–Crippen LogP) is 2.42. The first-order valence-corrected chi connectivity index (χ1v) is 6.55. The van der Waals surface area contributed by atoms with Gasteiger partial charge in [0.25, 0.3) is 0 Å². The molecule has 1 spiro atoms. The highest BCUT2D eigenvalue weighted by molar-refractivity contribution is 5.89. The molecule has 5 heteroatoms. The molecule has 1 aromatic heterocycles. The summed E-state index contributed by atoms with van der Waals surface area (Å²) in [6.07, 6.45) is 4.97. The third-order valence-electron chi connectivity index (χ3n) is 4.04. The maximum absolute atomic E-state index is 12.0. The quantitative estimate of drug-likeness (QED) is 0.817. The van der Waals surface area contributed by atoms with Gasteiger partial charge in [-0.1, -0.05) is 6.42 Å². The van der Waals surface area contributed by atoms with Gasteiger partial charge in [-0.3, -0.25) is 0 Å². The van der Waals surface area contributed by atoms with Crippen molar-refractivity contribution < 1.29 is 9.53 Å². The summed E-state index contributed by atoms with van der Waals surface area (Å²) >= 11 is 0. The molecule has 1 N–H and O–H groups in total. The second-order valence-electron chi connectivity index (χ2n) is 6.53. The Morgan fingerprint density at radius 2 is 2.11 bits per heavy atom. The van der Waals surface area contributed by atoms with Crippen LogP contribution in [0.5, 0.6) is 0 Å². The molecule has 2 saturated carbocycles. The summed E-state index contributed by atoms with van der Waals surface area (Å²) in [6.45, 7) is 5.57. The summed E-state index contributed by atoms with van der Waals surface area (Å²) in [4.78, 5) is 12.0. The number of carbonyl (C=O) groups is 1. The Morgan fingerprint density at radius 3 is 2.61 bits per heavy atom. The molecule has 3 rings (SSSR count). The molecule has 0 aliphatic heterocycles. The van der Waals surface area contributed by atoms with Gasteiger partial charge in [0.2, 0.25) is 0 Å². The fraction of sp³-hybridized carbons (Fsp3) is 0.769. The summed E-state index contributed by atoms with van der Waals surface area (Å²) in [7, 11) is 0. The first kappa shape index (κ1) is 11.7. The van der Waals surface area contributed by atoms with E-state index < -0.39 is 5.60 Å². The van der Waals surface area contributed by atoms with Gasteiger partial charge in [0, 0.05) is 5.92 Å². The van der Waals surface area contributed by atoms with Crippen LogP contribution in [0.4, 0.5) is 0 Å². The lowest BCUT2D eigenvalue weighted by atomic mass is 9.79. The molecule has 18 heavy (non-hydrogen) atoms. The number of rotatable bonds is 2. The standard InChI is InChI=1S/C13H19N3O2/c1-12(2,3)18-11(17)10-9(14-16-15-10)8-7-13(8)5-4-6-13/h8H,4-7H2,1-3H3,(H,14,15,16). The average molecular weight is 249 g/mol. The zero-order valence-electron chi connectivity index (χ0n) is 11.1. The minimum atomic E-state index is -0.495. The fourth-order valence-electron chi connectivity index (χ4n) is 2.88. The van der Waals surface area contributed by atoms with Gasteiger partial charge in [-0.2, -0.15) is 10.3 Å².